The highest BCUT2D eigenvalue weighted by atomic mass is 16.5. The molecule has 8 aromatic carbocycles. The fourth-order valence-corrected chi connectivity index (χ4v) is 19.7. The van der Waals surface area contributed by atoms with Gasteiger partial charge in [0.15, 0.2) is 23.1 Å². The van der Waals surface area contributed by atoms with Crippen LogP contribution in [0.2, 0.25) is 0 Å². The standard InChI is InChI=1S/C27H30N2O5.3C26H28N2O5/c30-20-8-11-24(25(31)16-20)29-17-23-22(27(29)32)4-3-5-26(23)34-18-19-6-9-21(10-7-19)33-15-14-28-12-1-2-13-28;29-20-7-8-23(24(30)14-20)28-16-22-21(26(28)31)5-2-6-25(22)33-17-19-4-1-3-18(13-19)15-27-9-11-32-12-10-27;29-20-8-9-23(24(30)14-20)28-16-22-21(26(28)31)6-3-7-25(22)33-17-19-5-2-1-4-18(19)15-27-10-12-32-13-11-27;29-20-8-9-23(24(30)14-20)28-16-22-21(26(28)31)2-1-3-25(22)33-17-19-6-4-18(5-7-19)15-27-10-12-32-13-11-27/h3-7,9-10,24H,1-2,8,11-18H2;1-6,13,23H,7-12,14-17H2;2*1-7,23H,8-17H2. The molecule has 0 N–H and O–H groups in total. The molecule has 4 saturated carbocycles. The zero-order valence-electron chi connectivity index (χ0n) is 75.2. The third-order valence-corrected chi connectivity index (χ3v) is 27.1. The molecule has 4 unspecified atom stereocenters. The summed E-state index contributed by atoms with van der Waals surface area (Å²) in [6, 6.07) is 52.7. The van der Waals surface area contributed by atoms with Gasteiger partial charge in [-0.3, -0.25) is 77.1 Å². The minimum absolute atomic E-state index is 0.0413. The number of rotatable bonds is 26. The average Bonchev–Trinajstić information content (AvgIpc) is 1.64. The number of benzene rings is 8. The topological polar surface area (TPSA) is 305 Å². The van der Waals surface area contributed by atoms with Crippen LogP contribution in [-0.2, 0) is 125 Å². The van der Waals surface area contributed by atoms with Crippen molar-refractivity contribution in [1.82, 2.24) is 39.2 Å². The largest absolute Gasteiger partial charge is 0.492 e. The quantitative estimate of drug-likeness (QED) is 0.0455. The lowest BCUT2D eigenvalue weighted by Crippen LogP contribution is -2.44. The Morgan fingerprint density at radius 3 is 0.992 bits per heavy atom. The third-order valence-electron chi connectivity index (χ3n) is 27.1. The van der Waals surface area contributed by atoms with Gasteiger partial charge in [0, 0.05) is 136 Å². The van der Waals surface area contributed by atoms with Gasteiger partial charge in [-0.05, 0) is 151 Å². The molecule has 133 heavy (non-hydrogen) atoms. The third kappa shape index (κ3) is 22.8. The van der Waals surface area contributed by atoms with Crippen LogP contribution in [0.1, 0.15) is 193 Å². The first-order valence-electron chi connectivity index (χ1n) is 46.8. The van der Waals surface area contributed by atoms with Crippen molar-refractivity contribution in [3.63, 3.8) is 0 Å². The van der Waals surface area contributed by atoms with Crippen LogP contribution in [0.25, 0.3) is 0 Å². The monoisotopic (exact) mass is 1810 g/mol. The zero-order valence-corrected chi connectivity index (χ0v) is 75.2. The maximum atomic E-state index is 13.0. The highest BCUT2D eigenvalue weighted by Crippen LogP contribution is 2.41. The first kappa shape index (κ1) is 92.6. The molecule has 4 saturated heterocycles. The van der Waals surface area contributed by atoms with Crippen molar-refractivity contribution >= 4 is 69.9 Å². The summed E-state index contributed by atoms with van der Waals surface area (Å²) in [4.78, 5) is 164. The second-order valence-electron chi connectivity index (χ2n) is 36.1. The van der Waals surface area contributed by atoms with Crippen LogP contribution in [0.5, 0.6) is 28.7 Å². The summed E-state index contributed by atoms with van der Waals surface area (Å²) < 4.78 is 46.7. The maximum absolute atomic E-state index is 13.0. The van der Waals surface area contributed by atoms with E-state index in [4.69, 9.17) is 37.9 Å². The highest BCUT2D eigenvalue weighted by molar-refractivity contribution is 6.11. The summed E-state index contributed by atoms with van der Waals surface area (Å²) >= 11 is 0. The Hall–Kier alpha value is -12.3. The van der Waals surface area contributed by atoms with E-state index in [1.807, 2.05) is 91.0 Å². The molecule has 0 aromatic heterocycles. The molecule has 8 fully saturated rings. The Morgan fingerprint density at radius 2 is 0.609 bits per heavy atom. The first-order valence-corrected chi connectivity index (χ1v) is 46.8. The summed E-state index contributed by atoms with van der Waals surface area (Å²) in [5.74, 6) is 2.06. The van der Waals surface area contributed by atoms with E-state index in [1.165, 1.54) is 42.6 Å². The van der Waals surface area contributed by atoms with Crippen LogP contribution in [-0.4, -0.2) is 238 Å². The van der Waals surface area contributed by atoms with Gasteiger partial charge in [-0.15, -0.1) is 0 Å². The molecular formula is C105H114N8O20. The molecule has 28 heteroatoms. The molecule has 0 bridgehead atoms. The molecule has 4 amide bonds. The first-order chi connectivity index (χ1) is 64.8. The van der Waals surface area contributed by atoms with Crippen molar-refractivity contribution in [2.24, 2.45) is 0 Å². The number of nitrogens with zero attached hydrogens (tertiary/aromatic N) is 8. The predicted molar refractivity (Wildman–Crippen MR) is 488 cm³/mol. The average molecular weight is 1810 g/mol. The van der Waals surface area contributed by atoms with Gasteiger partial charge < -0.3 is 57.5 Å². The number of carbonyl (C=O) groups is 12. The lowest BCUT2D eigenvalue weighted by molar-refractivity contribution is -0.134. The summed E-state index contributed by atoms with van der Waals surface area (Å²) in [6.45, 7) is 19.9. The second kappa shape index (κ2) is 43.6. The number of likely N-dealkylation sites (tertiary alicyclic amines) is 1. The Kier molecular flexibility index (Phi) is 30.3. The Balaban J connectivity index is 0.000000124. The number of ketones is 8. The van der Waals surface area contributed by atoms with E-state index in [9.17, 15) is 57.5 Å². The van der Waals surface area contributed by atoms with Gasteiger partial charge in [-0.25, -0.2) is 0 Å². The Bertz CT molecular complexity index is 5660. The van der Waals surface area contributed by atoms with Gasteiger partial charge >= 0.3 is 0 Å². The molecular weight excluding hydrogens is 1690 g/mol. The Morgan fingerprint density at radius 1 is 0.286 bits per heavy atom. The summed E-state index contributed by atoms with van der Waals surface area (Å²) in [5.41, 5.74) is 13.5. The van der Waals surface area contributed by atoms with Gasteiger partial charge in [0.25, 0.3) is 23.6 Å². The van der Waals surface area contributed by atoms with E-state index in [0.29, 0.717) is 156 Å². The number of ether oxygens (including phenoxy) is 8. The molecule has 28 nitrogen and oxygen atoms in total. The summed E-state index contributed by atoms with van der Waals surface area (Å²) in [5, 5.41) is 0. The van der Waals surface area contributed by atoms with Gasteiger partial charge in [0.1, 0.15) is 84.9 Å². The van der Waals surface area contributed by atoms with Crippen LogP contribution < -0.4 is 23.7 Å². The molecule has 0 spiro atoms. The number of hydrogen-bond donors (Lipinski definition) is 0. The number of hydrogen-bond acceptors (Lipinski definition) is 24. The smallest absolute Gasteiger partial charge is 0.255 e. The van der Waals surface area contributed by atoms with Crippen LogP contribution >= 0.6 is 0 Å². The van der Waals surface area contributed by atoms with Crippen LogP contribution in [0.3, 0.4) is 0 Å². The molecule has 8 heterocycles. The van der Waals surface area contributed by atoms with Crippen molar-refractivity contribution in [1.29, 1.82) is 0 Å². The fraction of sp³-hybridized carbons (Fsp3) is 0.429. The van der Waals surface area contributed by atoms with E-state index >= 15 is 0 Å². The van der Waals surface area contributed by atoms with Crippen LogP contribution in [0.15, 0.2) is 170 Å². The van der Waals surface area contributed by atoms with Crippen LogP contribution in [0, 0.1) is 0 Å². The van der Waals surface area contributed by atoms with Crippen molar-refractivity contribution in [2.75, 3.05) is 105 Å². The van der Waals surface area contributed by atoms with E-state index in [-0.39, 0.29) is 95.6 Å². The number of amides is 4. The lowest BCUT2D eigenvalue weighted by Gasteiger charge is -2.29. The second-order valence-corrected chi connectivity index (χ2v) is 36.1. The van der Waals surface area contributed by atoms with Crippen LogP contribution in [0.4, 0.5) is 0 Å². The molecule has 4 atom stereocenters. The van der Waals surface area contributed by atoms with Crippen molar-refractivity contribution < 1.29 is 95.4 Å². The number of fused-ring (bicyclic) bond motifs is 4. The minimum Gasteiger partial charge on any atom is -0.492 e. The summed E-state index contributed by atoms with van der Waals surface area (Å²) in [7, 11) is 0. The lowest BCUT2D eigenvalue weighted by atomic mass is 9.92. The number of morpholine rings is 3. The fourth-order valence-electron chi connectivity index (χ4n) is 19.7. The SMILES string of the molecule is O=C1CCC(N2Cc3c(OCc4ccc(CN5CCOCC5)cc4)cccc3C2=O)C(=O)C1.O=C1CCC(N2Cc3c(OCc4ccc(OCCN5CCCC5)cc4)cccc3C2=O)C(=O)C1.O=C1CCC(N2Cc3c(OCc4cccc(CN5CCOCC5)c4)cccc3C2=O)C(=O)C1.O=C1CCC(N2Cc3c(OCc4ccccc4CN4CCOCC4)cccc3C2=O)C(=O)C1. The van der Waals surface area contributed by atoms with E-state index < -0.39 is 24.2 Å². The minimum atomic E-state index is -0.525. The molecule has 4 aliphatic carbocycles. The Labute approximate surface area is 774 Å². The van der Waals surface area contributed by atoms with Crippen molar-refractivity contribution in [3.8, 4) is 28.7 Å². The van der Waals surface area contributed by atoms with E-state index in [1.54, 1.807) is 49.9 Å². The normalized spacial score (nSPS) is 21.2. The highest BCUT2D eigenvalue weighted by Gasteiger charge is 2.45. The molecule has 694 valence electrons. The summed E-state index contributed by atoms with van der Waals surface area (Å²) in [6.07, 6.45) is 5.28. The molecule has 0 radical (unpaired) electrons. The van der Waals surface area contributed by atoms with Gasteiger partial charge in [0.2, 0.25) is 0 Å². The van der Waals surface area contributed by atoms with Crippen molar-refractivity contribution in [3.05, 3.63) is 253 Å². The van der Waals surface area contributed by atoms with Gasteiger partial charge in [-0.1, -0.05) is 109 Å². The number of carbonyl (C=O) groups excluding carboxylic acids is 12. The van der Waals surface area contributed by atoms with E-state index in [2.05, 4.69) is 68.1 Å². The molecule has 20 rings (SSSR count). The zero-order chi connectivity index (χ0) is 91.9. The van der Waals surface area contributed by atoms with E-state index in [0.717, 1.165) is 155 Å². The van der Waals surface area contributed by atoms with Gasteiger partial charge in [0.05, 0.1) is 116 Å². The maximum Gasteiger partial charge on any atom is 0.255 e. The number of Topliss-reactive ketones (excluding diaryl/α,β-unsaturated/α-hetero) is 8. The van der Waals surface area contributed by atoms with Crippen molar-refractivity contribution in [2.45, 2.75) is 186 Å². The predicted octanol–water partition coefficient (Wildman–Crippen LogP) is 11.6. The molecule has 8 aromatic rings. The van der Waals surface area contributed by atoms with Gasteiger partial charge in [-0.2, -0.15) is 0 Å². The molecule has 8 aliphatic heterocycles. The molecule has 12 aliphatic rings.